The van der Waals surface area contributed by atoms with Crippen molar-refractivity contribution < 1.29 is 29.0 Å². The fourth-order valence-corrected chi connectivity index (χ4v) is 5.83. The number of anilines is 1. The summed E-state index contributed by atoms with van der Waals surface area (Å²) < 4.78 is 5.86. The zero-order valence-corrected chi connectivity index (χ0v) is 26.5. The number of amides is 3. The van der Waals surface area contributed by atoms with Gasteiger partial charge in [-0.15, -0.1) is 0 Å². The van der Waals surface area contributed by atoms with Crippen LogP contribution in [0.4, 0.5) is 5.69 Å². The zero-order chi connectivity index (χ0) is 32.6. The average molecular weight is 631 g/mol. The highest BCUT2D eigenvalue weighted by atomic mass is 16.5. The summed E-state index contributed by atoms with van der Waals surface area (Å²) in [5, 5.41) is 16.5. The minimum atomic E-state index is -0.272. The quantitative estimate of drug-likeness (QED) is 0.0644. The zero-order valence-electron chi connectivity index (χ0n) is 26.5. The number of hydrazone groups is 1. The number of carbonyl (C=O) groups is 4. The summed E-state index contributed by atoms with van der Waals surface area (Å²) in [7, 11) is 0. The first kappa shape index (κ1) is 34.4. The maximum Gasteiger partial charge on any atom is 0.306 e. The first-order valence-corrected chi connectivity index (χ1v) is 16.5. The number of phenolic OH excluding ortho intramolecular Hbond substituents is 1. The van der Waals surface area contributed by atoms with Crippen molar-refractivity contribution in [3.63, 3.8) is 0 Å². The highest BCUT2D eigenvalue weighted by Gasteiger charge is 2.35. The molecule has 246 valence electrons. The van der Waals surface area contributed by atoms with Crippen LogP contribution in [0.1, 0.15) is 101 Å². The third kappa shape index (κ3) is 11.5. The van der Waals surface area contributed by atoms with Gasteiger partial charge in [-0.3, -0.25) is 19.2 Å². The van der Waals surface area contributed by atoms with Gasteiger partial charge in [-0.25, -0.2) is 5.43 Å². The highest BCUT2D eigenvalue weighted by Crippen LogP contribution is 2.29. The lowest BCUT2D eigenvalue weighted by molar-refractivity contribution is -0.159. The number of benzene rings is 2. The van der Waals surface area contributed by atoms with Crippen molar-refractivity contribution in [1.29, 1.82) is 0 Å². The van der Waals surface area contributed by atoms with Gasteiger partial charge in [0.25, 0.3) is 0 Å². The fourth-order valence-electron chi connectivity index (χ4n) is 5.83. The highest BCUT2D eigenvalue weighted by molar-refractivity contribution is 5.92. The van der Waals surface area contributed by atoms with E-state index < -0.39 is 0 Å². The van der Waals surface area contributed by atoms with Gasteiger partial charge in [-0.05, 0) is 68.2 Å². The Balaban J connectivity index is 1.18. The third-order valence-electron chi connectivity index (χ3n) is 8.35. The molecule has 1 aliphatic carbocycles. The molecular formula is C36H46N4O6. The van der Waals surface area contributed by atoms with Crippen molar-refractivity contribution in [2.45, 2.75) is 109 Å². The van der Waals surface area contributed by atoms with Gasteiger partial charge in [-0.1, -0.05) is 67.8 Å². The second kappa shape index (κ2) is 18.5. The Bertz CT molecular complexity index is 1370. The number of fused-ring (bicyclic) bond motifs is 1. The van der Waals surface area contributed by atoms with E-state index in [0.717, 1.165) is 49.7 Å². The Hall–Kier alpha value is -4.47. The number of phenols is 1. The molecule has 0 unspecified atom stereocenters. The minimum absolute atomic E-state index is 0.0422. The van der Waals surface area contributed by atoms with E-state index in [4.69, 9.17) is 4.74 Å². The molecule has 10 nitrogen and oxygen atoms in total. The van der Waals surface area contributed by atoms with Crippen LogP contribution in [0.15, 0.2) is 65.8 Å². The summed E-state index contributed by atoms with van der Waals surface area (Å²) in [6.45, 7) is 0.441. The molecule has 1 saturated carbocycles. The number of nitrogens with one attached hydrogen (secondary N) is 2. The van der Waals surface area contributed by atoms with Crippen LogP contribution in [0.5, 0.6) is 5.75 Å². The van der Waals surface area contributed by atoms with E-state index in [2.05, 4.69) is 15.8 Å². The number of allylic oxidation sites excluding steroid dienone is 2. The normalized spacial score (nSPS) is 19.8. The number of unbranched alkanes of at least 4 members (excludes halogenated alkanes) is 3. The lowest BCUT2D eigenvalue weighted by Gasteiger charge is -2.39. The second-order valence-corrected chi connectivity index (χ2v) is 12.0. The van der Waals surface area contributed by atoms with Crippen LogP contribution in [-0.2, 0) is 30.5 Å². The van der Waals surface area contributed by atoms with E-state index in [1.807, 2.05) is 41.3 Å². The number of aromatic hydroxyl groups is 1. The average Bonchev–Trinajstić information content (AvgIpc) is 3.04. The van der Waals surface area contributed by atoms with Crippen LogP contribution in [-0.4, -0.2) is 52.1 Å². The van der Waals surface area contributed by atoms with E-state index in [-0.39, 0.29) is 41.6 Å². The lowest BCUT2D eigenvalue weighted by Crippen LogP contribution is -2.49. The van der Waals surface area contributed by atoms with Gasteiger partial charge in [0.15, 0.2) is 0 Å². The van der Waals surface area contributed by atoms with E-state index in [0.29, 0.717) is 63.6 Å². The number of hydrogen-bond donors (Lipinski definition) is 3. The molecule has 3 amide bonds. The minimum Gasteiger partial charge on any atom is -0.506 e. The van der Waals surface area contributed by atoms with E-state index >= 15 is 0 Å². The Morgan fingerprint density at radius 3 is 2.35 bits per heavy atom. The number of esters is 1. The molecule has 1 heterocycles. The Morgan fingerprint density at radius 2 is 1.59 bits per heavy atom. The van der Waals surface area contributed by atoms with Crippen LogP contribution >= 0.6 is 0 Å². The first-order chi connectivity index (χ1) is 22.4. The molecule has 0 bridgehead atoms. The number of rotatable bonds is 12. The van der Waals surface area contributed by atoms with Crippen LogP contribution in [0.25, 0.3) is 0 Å². The van der Waals surface area contributed by atoms with Crippen molar-refractivity contribution in [1.82, 2.24) is 10.3 Å². The van der Waals surface area contributed by atoms with Crippen molar-refractivity contribution in [3.05, 3.63) is 71.8 Å². The maximum atomic E-state index is 13.3. The fraction of sp³-hybridized carbons (Fsp3) is 0.472. The summed E-state index contributed by atoms with van der Waals surface area (Å²) in [6.07, 6.45) is 14.7. The van der Waals surface area contributed by atoms with Gasteiger partial charge in [0.2, 0.25) is 17.7 Å². The molecule has 2 atom stereocenters. The van der Waals surface area contributed by atoms with Crippen molar-refractivity contribution in [2.75, 3.05) is 5.32 Å². The molecule has 0 aromatic heterocycles. The van der Waals surface area contributed by atoms with Crippen LogP contribution < -0.4 is 10.7 Å². The van der Waals surface area contributed by atoms with Gasteiger partial charge >= 0.3 is 5.97 Å². The Labute approximate surface area is 271 Å². The molecule has 4 rings (SSSR count). The first-order valence-electron chi connectivity index (χ1n) is 16.5. The largest absolute Gasteiger partial charge is 0.506 e. The number of nitrogens with zero attached hydrogens (tertiary/aromatic N) is 2. The van der Waals surface area contributed by atoms with Crippen LogP contribution in [0.2, 0.25) is 0 Å². The van der Waals surface area contributed by atoms with Gasteiger partial charge in [0.1, 0.15) is 11.9 Å². The van der Waals surface area contributed by atoms with Crippen molar-refractivity contribution in [3.8, 4) is 5.75 Å². The van der Waals surface area contributed by atoms with Gasteiger partial charge in [0, 0.05) is 32.2 Å². The predicted octanol–water partition coefficient (Wildman–Crippen LogP) is 6.13. The lowest BCUT2D eigenvalue weighted by atomic mass is 9.90. The van der Waals surface area contributed by atoms with Gasteiger partial charge in [0.05, 0.1) is 17.9 Å². The SMILES string of the molecule is O=C(CCCCCCC(=O)Nc1ccccc1O)N/N=C/c1ccc(CN2C(=O)CC/C=C/CCC(=O)O[C@@H]3CCCC[C@H]32)cc1. The molecule has 0 spiro atoms. The van der Waals surface area contributed by atoms with Gasteiger partial charge in [-0.2, -0.15) is 5.10 Å². The van der Waals surface area contributed by atoms with E-state index in [1.54, 1.807) is 24.4 Å². The molecule has 3 N–H and O–H groups in total. The van der Waals surface area contributed by atoms with Gasteiger partial charge < -0.3 is 20.1 Å². The van der Waals surface area contributed by atoms with Crippen LogP contribution in [0.3, 0.4) is 0 Å². The second-order valence-electron chi connectivity index (χ2n) is 12.0. The summed E-state index contributed by atoms with van der Waals surface area (Å²) in [5.41, 5.74) is 4.77. The molecule has 2 aromatic rings. The monoisotopic (exact) mass is 630 g/mol. The maximum absolute atomic E-state index is 13.3. The Kier molecular flexibility index (Phi) is 13.8. The molecule has 1 aliphatic heterocycles. The number of ether oxygens (including phenoxy) is 1. The van der Waals surface area contributed by atoms with E-state index in [1.165, 1.54) is 6.07 Å². The Morgan fingerprint density at radius 1 is 0.891 bits per heavy atom. The molecule has 0 radical (unpaired) electrons. The summed E-state index contributed by atoms with van der Waals surface area (Å²) >= 11 is 0. The molecule has 0 saturated heterocycles. The number of hydrogen-bond acceptors (Lipinski definition) is 7. The summed E-state index contributed by atoms with van der Waals surface area (Å²) in [6, 6.07) is 14.2. The molecule has 46 heavy (non-hydrogen) atoms. The molecule has 2 aromatic carbocycles. The number of para-hydroxylation sites is 2. The topological polar surface area (TPSA) is 137 Å². The summed E-state index contributed by atoms with van der Waals surface area (Å²) in [5.74, 6) is -0.404. The molecule has 2 aliphatic rings. The van der Waals surface area contributed by atoms with E-state index in [9.17, 15) is 24.3 Å². The molecule has 1 fully saturated rings. The van der Waals surface area contributed by atoms with Crippen molar-refractivity contribution >= 4 is 35.6 Å². The number of carbonyl (C=O) groups excluding carboxylic acids is 4. The predicted molar refractivity (Wildman–Crippen MR) is 177 cm³/mol. The molecular weight excluding hydrogens is 584 g/mol. The standard InChI is InChI=1S/C36H46N4O6/c41-31-15-11-9-13-29(31)38-33(42)17-5-1-2-6-18-34(43)39-37-25-27-21-23-28(24-22-27)26-40-30-14-10-12-16-32(30)46-36(45)20-8-4-3-7-19-35(40)44/h3-4,9,11,13,15,21-25,30,32,41H,1-2,5-8,10,12,14,16-20,26H2,(H,38,42)(H,39,43)/b4-3+,37-25+/t30-,32-/m1/s1. The third-order valence-corrected chi connectivity index (χ3v) is 8.35. The van der Waals surface area contributed by atoms with Crippen LogP contribution in [0, 0.1) is 0 Å². The molecule has 10 heteroatoms. The van der Waals surface area contributed by atoms with Crippen molar-refractivity contribution in [2.24, 2.45) is 5.10 Å². The summed E-state index contributed by atoms with van der Waals surface area (Å²) in [4.78, 5) is 51.9. The smallest absolute Gasteiger partial charge is 0.306 e.